The van der Waals surface area contributed by atoms with E-state index in [1.807, 2.05) is 0 Å². The summed E-state index contributed by atoms with van der Waals surface area (Å²) < 4.78 is 0. The highest BCUT2D eigenvalue weighted by Gasteiger charge is 2.38. The van der Waals surface area contributed by atoms with Crippen molar-refractivity contribution in [2.75, 3.05) is 13.1 Å². The second kappa shape index (κ2) is 4.19. The molecule has 2 heteroatoms. The third kappa shape index (κ3) is 2.12. The first-order valence-corrected chi connectivity index (χ1v) is 6.28. The lowest BCUT2D eigenvalue weighted by Gasteiger charge is -2.28. The molecule has 0 aromatic rings. The maximum absolute atomic E-state index is 3.73. The first-order chi connectivity index (χ1) is 6.79. The summed E-state index contributed by atoms with van der Waals surface area (Å²) in [6, 6.07) is 0.839. The summed E-state index contributed by atoms with van der Waals surface area (Å²) in [5, 5.41) is 7.40. The van der Waals surface area contributed by atoms with E-state index >= 15 is 0 Å². The van der Waals surface area contributed by atoms with E-state index in [0.29, 0.717) is 5.54 Å². The molecule has 2 aliphatic rings. The molecule has 1 aliphatic heterocycles. The van der Waals surface area contributed by atoms with Crippen LogP contribution in [0.25, 0.3) is 0 Å². The van der Waals surface area contributed by atoms with Crippen LogP contribution in [0, 0.1) is 5.92 Å². The molecule has 14 heavy (non-hydrogen) atoms. The van der Waals surface area contributed by atoms with Crippen LogP contribution in [-0.2, 0) is 0 Å². The van der Waals surface area contributed by atoms with Gasteiger partial charge in [0.2, 0.25) is 0 Å². The summed E-state index contributed by atoms with van der Waals surface area (Å²) in [4.78, 5) is 0. The summed E-state index contributed by atoms with van der Waals surface area (Å²) in [7, 11) is 0. The normalized spacial score (nSPS) is 41.6. The van der Waals surface area contributed by atoms with Crippen LogP contribution in [0.4, 0.5) is 0 Å². The van der Waals surface area contributed by atoms with Crippen LogP contribution in [0.1, 0.15) is 46.0 Å². The summed E-state index contributed by atoms with van der Waals surface area (Å²) in [5.74, 6) is 0.977. The van der Waals surface area contributed by atoms with Gasteiger partial charge in [-0.1, -0.05) is 20.3 Å². The second-order valence-electron chi connectivity index (χ2n) is 5.06. The third-order valence-electron chi connectivity index (χ3n) is 4.16. The topological polar surface area (TPSA) is 24.1 Å². The molecule has 2 fully saturated rings. The van der Waals surface area contributed by atoms with Gasteiger partial charge in [-0.05, 0) is 38.1 Å². The summed E-state index contributed by atoms with van der Waals surface area (Å²) in [6.07, 6.45) is 6.75. The van der Waals surface area contributed by atoms with E-state index in [-0.39, 0.29) is 0 Å². The van der Waals surface area contributed by atoms with Gasteiger partial charge < -0.3 is 10.6 Å². The highest BCUT2D eigenvalue weighted by atomic mass is 15.1. The van der Waals surface area contributed by atoms with Crippen molar-refractivity contribution in [3.63, 3.8) is 0 Å². The van der Waals surface area contributed by atoms with E-state index in [0.717, 1.165) is 12.0 Å². The smallest absolute Gasteiger partial charge is 0.0304 e. The largest absolute Gasteiger partial charge is 0.312 e. The van der Waals surface area contributed by atoms with E-state index < -0.39 is 0 Å². The number of hydrogen-bond donors (Lipinski definition) is 2. The lowest BCUT2D eigenvalue weighted by Crippen LogP contribution is -2.48. The van der Waals surface area contributed by atoms with Gasteiger partial charge in [-0.2, -0.15) is 0 Å². The fourth-order valence-electron chi connectivity index (χ4n) is 2.72. The van der Waals surface area contributed by atoms with Crippen LogP contribution in [0.2, 0.25) is 0 Å². The molecule has 0 spiro atoms. The minimum atomic E-state index is 0.431. The molecule has 0 aromatic heterocycles. The molecule has 1 heterocycles. The van der Waals surface area contributed by atoms with Gasteiger partial charge in [-0.25, -0.2) is 0 Å². The van der Waals surface area contributed by atoms with Crippen molar-refractivity contribution in [1.29, 1.82) is 0 Å². The number of hydrogen-bond acceptors (Lipinski definition) is 2. The fourth-order valence-corrected chi connectivity index (χ4v) is 2.72. The van der Waals surface area contributed by atoms with E-state index in [1.54, 1.807) is 0 Å². The lowest BCUT2D eigenvalue weighted by atomic mass is 9.94. The van der Waals surface area contributed by atoms with Gasteiger partial charge in [0.15, 0.2) is 0 Å². The summed E-state index contributed by atoms with van der Waals surface area (Å²) in [6.45, 7) is 7.02. The van der Waals surface area contributed by atoms with Crippen LogP contribution in [-0.4, -0.2) is 24.7 Å². The predicted molar refractivity (Wildman–Crippen MR) is 60.4 cm³/mol. The van der Waals surface area contributed by atoms with Gasteiger partial charge in [0, 0.05) is 18.1 Å². The van der Waals surface area contributed by atoms with E-state index in [1.165, 1.54) is 45.2 Å². The third-order valence-corrected chi connectivity index (χ3v) is 4.16. The van der Waals surface area contributed by atoms with Crippen LogP contribution >= 0.6 is 0 Å². The Bertz CT molecular complexity index is 185. The van der Waals surface area contributed by atoms with Crippen molar-refractivity contribution in [3.05, 3.63) is 0 Å². The molecule has 1 aliphatic carbocycles. The highest BCUT2D eigenvalue weighted by molar-refractivity contribution is 4.98. The van der Waals surface area contributed by atoms with Crippen LogP contribution in [0.15, 0.2) is 0 Å². The molecular formula is C12H24N2. The maximum atomic E-state index is 3.73. The number of nitrogens with one attached hydrogen (secondary N) is 2. The van der Waals surface area contributed by atoms with Gasteiger partial charge >= 0.3 is 0 Å². The van der Waals surface area contributed by atoms with Crippen molar-refractivity contribution >= 4 is 0 Å². The standard InChI is InChI=1S/C12H24N2/c1-3-10-8-11(10)13-9-12(4-2)6-5-7-14-12/h10-11,13-14H,3-9H2,1-2H3. The molecule has 3 unspecified atom stereocenters. The Hall–Kier alpha value is -0.0800. The average molecular weight is 196 g/mol. The quantitative estimate of drug-likeness (QED) is 0.702. The van der Waals surface area contributed by atoms with Crippen molar-refractivity contribution in [3.8, 4) is 0 Å². The van der Waals surface area contributed by atoms with Crippen molar-refractivity contribution in [2.45, 2.75) is 57.5 Å². The molecule has 0 radical (unpaired) electrons. The molecule has 0 bridgehead atoms. The van der Waals surface area contributed by atoms with Gasteiger partial charge in [-0.15, -0.1) is 0 Å². The zero-order valence-corrected chi connectivity index (χ0v) is 9.60. The van der Waals surface area contributed by atoms with Gasteiger partial charge in [0.1, 0.15) is 0 Å². The van der Waals surface area contributed by atoms with Gasteiger partial charge in [0.25, 0.3) is 0 Å². The summed E-state index contributed by atoms with van der Waals surface area (Å²) >= 11 is 0. The van der Waals surface area contributed by atoms with E-state index in [2.05, 4.69) is 24.5 Å². The minimum Gasteiger partial charge on any atom is -0.312 e. The Morgan fingerprint density at radius 1 is 1.43 bits per heavy atom. The molecule has 0 amide bonds. The highest BCUT2D eigenvalue weighted by Crippen LogP contribution is 2.34. The predicted octanol–water partition coefficient (Wildman–Crippen LogP) is 1.91. The van der Waals surface area contributed by atoms with Gasteiger partial charge in [-0.3, -0.25) is 0 Å². The lowest BCUT2D eigenvalue weighted by molar-refractivity contribution is 0.336. The molecule has 1 saturated heterocycles. The fraction of sp³-hybridized carbons (Fsp3) is 1.00. The summed E-state index contributed by atoms with van der Waals surface area (Å²) in [5.41, 5.74) is 0.431. The molecule has 1 saturated carbocycles. The Balaban J connectivity index is 1.73. The van der Waals surface area contributed by atoms with E-state index in [4.69, 9.17) is 0 Å². The Labute approximate surface area is 87.8 Å². The number of rotatable bonds is 5. The van der Waals surface area contributed by atoms with Gasteiger partial charge in [0.05, 0.1) is 0 Å². The van der Waals surface area contributed by atoms with Crippen molar-refractivity contribution in [1.82, 2.24) is 10.6 Å². The Kier molecular flexibility index (Phi) is 3.13. The molecule has 0 aromatic carbocycles. The molecule has 2 nitrogen and oxygen atoms in total. The second-order valence-corrected chi connectivity index (χ2v) is 5.06. The van der Waals surface area contributed by atoms with E-state index in [9.17, 15) is 0 Å². The van der Waals surface area contributed by atoms with Crippen LogP contribution in [0.3, 0.4) is 0 Å². The minimum absolute atomic E-state index is 0.431. The molecule has 82 valence electrons. The Morgan fingerprint density at radius 2 is 2.29 bits per heavy atom. The van der Waals surface area contributed by atoms with Crippen molar-refractivity contribution < 1.29 is 0 Å². The average Bonchev–Trinajstić information content (AvgIpc) is 2.84. The molecular weight excluding hydrogens is 172 g/mol. The molecule has 3 atom stereocenters. The van der Waals surface area contributed by atoms with Crippen LogP contribution < -0.4 is 10.6 Å². The molecule has 2 N–H and O–H groups in total. The first-order valence-electron chi connectivity index (χ1n) is 6.28. The van der Waals surface area contributed by atoms with Crippen LogP contribution in [0.5, 0.6) is 0 Å². The zero-order chi connectivity index (χ0) is 10.0. The monoisotopic (exact) mass is 196 g/mol. The zero-order valence-electron chi connectivity index (χ0n) is 9.60. The Morgan fingerprint density at radius 3 is 2.79 bits per heavy atom. The first kappa shape index (κ1) is 10.4. The maximum Gasteiger partial charge on any atom is 0.0304 e. The SMILES string of the molecule is CCC1CC1NCC1(CC)CCCN1. The van der Waals surface area contributed by atoms with Crippen molar-refractivity contribution in [2.24, 2.45) is 5.92 Å². The molecule has 2 rings (SSSR count).